The molecule has 0 spiro atoms. The SMILES string of the molecule is CCC(CNC(=O)Cc1csc(NC(=O)c2cccs2)n1)c1ccccc1. The molecule has 0 saturated carbocycles. The van der Waals surface area contributed by atoms with E-state index in [4.69, 9.17) is 0 Å². The van der Waals surface area contributed by atoms with E-state index < -0.39 is 0 Å². The van der Waals surface area contributed by atoms with Crippen molar-refractivity contribution < 1.29 is 9.59 Å². The van der Waals surface area contributed by atoms with Crippen molar-refractivity contribution >= 4 is 39.6 Å². The second kappa shape index (κ2) is 9.43. The number of hydrogen-bond acceptors (Lipinski definition) is 5. The van der Waals surface area contributed by atoms with Crippen molar-refractivity contribution in [3.05, 3.63) is 69.4 Å². The van der Waals surface area contributed by atoms with Crippen LogP contribution < -0.4 is 10.6 Å². The fourth-order valence-corrected chi connectivity index (χ4v) is 4.02. The highest BCUT2D eigenvalue weighted by Crippen LogP contribution is 2.19. The molecule has 0 bridgehead atoms. The maximum absolute atomic E-state index is 12.3. The van der Waals surface area contributed by atoms with E-state index in [-0.39, 0.29) is 18.2 Å². The maximum atomic E-state index is 12.3. The number of nitrogens with zero attached hydrogens (tertiary/aromatic N) is 1. The first-order chi connectivity index (χ1) is 13.2. The molecule has 1 aromatic carbocycles. The summed E-state index contributed by atoms with van der Waals surface area (Å²) in [5, 5.41) is 9.92. The summed E-state index contributed by atoms with van der Waals surface area (Å²) >= 11 is 2.70. The summed E-state index contributed by atoms with van der Waals surface area (Å²) in [7, 11) is 0. The molecular formula is C20H21N3O2S2. The van der Waals surface area contributed by atoms with E-state index in [0.29, 0.717) is 28.2 Å². The number of aromatic nitrogens is 1. The van der Waals surface area contributed by atoms with Crippen molar-refractivity contribution in [2.45, 2.75) is 25.7 Å². The molecule has 0 aliphatic carbocycles. The summed E-state index contributed by atoms with van der Waals surface area (Å²) in [5.41, 5.74) is 1.89. The number of thiophene rings is 1. The second-order valence-electron chi connectivity index (χ2n) is 6.07. The molecule has 1 unspecified atom stereocenters. The molecule has 0 fully saturated rings. The van der Waals surface area contributed by atoms with Crippen molar-refractivity contribution in [1.29, 1.82) is 0 Å². The number of carbonyl (C=O) groups excluding carboxylic acids is 2. The summed E-state index contributed by atoms with van der Waals surface area (Å²) in [6.45, 7) is 2.72. The van der Waals surface area contributed by atoms with E-state index in [1.807, 2.05) is 29.6 Å². The lowest BCUT2D eigenvalue weighted by molar-refractivity contribution is -0.120. The molecule has 3 aromatic rings. The molecule has 140 valence electrons. The molecule has 0 aliphatic rings. The number of amides is 2. The number of rotatable bonds is 8. The summed E-state index contributed by atoms with van der Waals surface area (Å²) in [4.78, 5) is 29.3. The summed E-state index contributed by atoms with van der Waals surface area (Å²) in [6.07, 6.45) is 1.16. The topological polar surface area (TPSA) is 71.1 Å². The number of anilines is 1. The van der Waals surface area contributed by atoms with E-state index in [1.54, 1.807) is 11.4 Å². The summed E-state index contributed by atoms with van der Waals surface area (Å²) in [6, 6.07) is 13.8. The Morgan fingerprint density at radius 3 is 2.63 bits per heavy atom. The molecule has 7 heteroatoms. The molecule has 0 aliphatic heterocycles. The van der Waals surface area contributed by atoms with Crippen LogP contribution in [0.1, 0.15) is 40.2 Å². The molecule has 27 heavy (non-hydrogen) atoms. The van der Waals surface area contributed by atoms with Crippen molar-refractivity contribution in [3.63, 3.8) is 0 Å². The predicted molar refractivity (Wildman–Crippen MR) is 111 cm³/mol. The highest BCUT2D eigenvalue weighted by molar-refractivity contribution is 7.14. The highest BCUT2D eigenvalue weighted by Gasteiger charge is 2.14. The lowest BCUT2D eigenvalue weighted by Gasteiger charge is -2.16. The van der Waals surface area contributed by atoms with Gasteiger partial charge in [-0.3, -0.25) is 14.9 Å². The van der Waals surface area contributed by atoms with Crippen molar-refractivity contribution in [1.82, 2.24) is 10.3 Å². The van der Waals surface area contributed by atoms with Crippen LogP contribution in [0.25, 0.3) is 0 Å². The van der Waals surface area contributed by atoms with Gasteiger partial charge in [0.05, 0.1) is 17.0 Å². The summed E-state index contributed by atoms with van der Waals surface area (Å²) in [5.74, 6) is 0.0565. The van der Waals surface area contributed by atoms with Crippen LogP contribution in [0.15, 0.2) is 53.2 Å². The van der Waals surface area contributed by atoms with E-state index in [1.165, 1.54) is 28.2 Å². The fraction of sp³-hybridized carbons (Fsp3) is 0.250. The molecule has 3 rings (SSSR count). The number of benzene rings is 1. The molecule has 1 atom stereocenters. The Kier molecular flexibility index (Phi) is 6.73. The van der Waals surface area contributed by atoms with Gasteiger partial charge in [-0.2, -0.15) is 0 Å². The normalized spacial score (nSPS) is 11.7. The van der Waals surface area contributed by atoms with Crippen LogP contribution >= 0.6 is 22.7 Å². The van der Waals surface area contributed by atoms with Gasteiger partial charge in [-0.25, -0.2) is 4.98 Å². The largest absolute Gasteiger partial charge is 0.355 e. The zero-order chi connectivity index (χ0) is 19.1. The van der Waals surface area contributed by atoms with Gasteiger partial charge in [-0.05, 0) is 23.4 Å². The van der Waals surface area contributed by atoms with Gasteiger partial charge in [-0.1, -0.05) is 43.3 Å². The van der Waals surface area contributed by atoms with Gasteiger partial charge in [0.25, 0.3) is 5.91 Å². The molecule has 2 N–H and O–H groups in total. The van der Waals surface area contributed by atoms with Crippen molar-refractivity contribution in [3.8, 4) is 0 Å². The first-order valence-electron chi connectivity index (χ1n) is 8.76. The third kappa shape index (κ3) is 5.48. The molecule has 5 nitrogen and oxygen atoms in total. The zero-order valence-corrected chi connectivity index (χ0v) is 16.6. The Morgan fingerprint density at radius 1 is 1.11 bits per heavy atom. The molecule has 2 aromatic heterocycles. The second-order valence-corrected chi connectivity index (χ2v) is 7.88. The van der Waals surface area contributed by atoms with Crippen molar-refractivity contribution in [2.75, 3.05) is 11.9 Å². The highest BCUT2D eigenvalue weighted by atomic mass is 32.1. The summed E-state index contributed by atoms with van der Waals surface area (Å²) < 4.78 is 0. The number of nitrogens with one attached hydrogen (secondary N) is 2. The minimum atomic E-state index is -0.177. The van der Waals surface area contributed by atoms with Gasteiger partial charge in [0.15, 0.2) is 5.13 Å². The van der Waals surface area contributed by atoms with E-state index in [0.717, 1.165) is 6.42 Å². The average Bonchev–Trinajstić information content (AvgIpc) is 3.35. The van der Waals surface area contributed by atoms with Gasteiger partial charge in [0.2, 0.25) is 5.91 Å². The Bertz CT molecular complexity index is 876. The monoisotopic (exact) mass is 399 g/mol. The van der Waals surface area contributed by atoms with Gasteiger partial charge >= 0.3 is 0 Å². The quantitative estimate of drug-likeness (QED) is 0.593. The standard InChI is InChI=1S/C20H21N3O2S2/c1-2-14(15-7-4-3-5-8-15)12-21-18(24)11-16-13-27-20(22-16)23-19(25)17-9-6-10-26-17/h3-10,13-14H,2,11-12H2,1H3,(H,21,24)(H,22,23,25). The number of carbonyl (C=O) groups is 2. The lowest BCUT2D eigenvalue weighted by atomic mass is 9.96. The van der Waals surface area contributed by atoms with Crippen LogP contribution in [0.3, 0.4) is 0 Å². The third-order valence-corrected chi connectivity index (χ3v) is 5.84. The Balaban J connectivity index is 1.49. The van der Waals surface area contributed by atoms with E-state index in [9.17, 15) is 9.59 Å². The molecule has 2 heterocycles. The van der Waals surface area contributed by atoms with E-state index in [2.05, 4.69) is 34.7 Å². The van der Waals surface area contributed by atoms with Crippen LogP contribution in [-0.4, -0.2) is 23.3 Å². The minimum absolute atomic E-state index is 0.0641. The van der Waals surface area contributed by atoms with Gasteiger partial charge in [-0.15, -0.1) is 22.7 Å². The van der Waals surface area contributed by atoms with E-state index >= 15 is 0 Å². The van der Waals surface area contributed by atoms with Gasteiger partial charge in [0, 0.05) is 17.8 Å². The smallest absolute Gasteiger partial charge is 0.267 e. The Hall–Kier alpha value is -2.51. The van der Waals surface area contributed by atoms with Crippen LogP contribution in [0.2, 0.25) is 0 Å². The van der Waals surface area contributed by atoms with Crippen LogP contribution in [0.5, 0.6) is 0 Å². The molecule has 0 radical (unpaired) electrons. The van der Waals surface area contributed by atoms with Crippen LogP contribution in [-0.2, 0) is 11.2 Å². The lowest BCUT2D eigenvalue weighted by Crippen LogP contribution is -2.29. The van der Waals surface area contributed by atoms with Crippen molar-refractivity contribution in [2.24, 2.45) is 0 Å². The minimum Gasteiger partial charge on any atom is -0.355 e. The molecule has 0 saturated heterocycles. The van der Waals surface area contributed by atoms with Crippen LogP contribution in [0.4, 0.5) is 5.13 Å². The zero-order valence-electron chi connectivity index (χ0n) is 15.0. The Labute approximate surface area is 166 Å². The first-order valence-corrected chi connectivity index (χ1v) is 10.5. The predicted octanol–water partition coefficient (Wildman–Crippen LogP) is 4.31. The Morgan fingerprint density at radius 2 is 1.93 bits per heavy atom. The number of hydrogen-bond donors (Lipinski definition) is 2. The maximum Gasteiger partial charge on any atom is 0.267 e. The third-order valence-electron chi connectivity index (χ3n) is 4.17. The van der Waals surface area contributed by atoms with Gasteiger partial charge in [0.1, 0.15) is 0 Å². The average molecular weight is 400 g/mol. The van der Waals surface area contributed by atoms with Crippen LogP contribution in [0, 0.1) is 0 Å². The first kappa shape index (κ1) is 19.3. The fourth-order valence-electron chi connectivity index (χ4n) is 2.70. The number of thiazole rings is 1. The molecular weight excluding hydrogens is 378 g/mol. The van der Waals surface area contributed by atoms with Gasteiger partial charge < -0.3 is 5.32 Å². The molecule has 2 amide bonds.